The summed E-state index contributed by atoms with van der Waals surface area (Å²) in [5.41, 5.74) is 0. The lowest BCUT2D eigenvalue weighted by molar-refractivity contribution is -0.137. The second kappa shape index (κ2) is 12.3. The van der Waals surface area contributed by atoms with Gasteiger partial charge in [0.1, 0.15) is 0 Å². The molecule has 0 aromatic carbocycles. The number of urea groups is 1. The van der Waals surface area contributed by atoms with Crippen molar-refractivity contribution in [2.45, 2.75) is 25.7 Å². The highest BCUT2D eigenvalue weighted by Gasteiger charge is 1.99. The number of rotatable bonds is 11. The maximum Gasteiger partial charge on any atom is 0.314 e. The second-order valence-corrected chi connectivity index (χ2v) is 4.90. The maximum atomic E-state index is 11.3. The molecule has 0 aliphatic rings. The molecule has 5 nitrogen and oxygen atoms in total. The largest absolute Gasteiger partial charge is 0.481 e. The van der Waals surface area contributed by atoms with Gasteiger partial charge in [-0.25, -0.2) is 4.79 Å². The first-order chi connectivity index (χ1) is 8.66. The Morgan fingerprint density at radius 3 is 2.56 bits per heavy atom. The van der Waals surface area contributed by atoms with E-state index < -0.39 is 5.97 Å². The average Bonchev–Trinajstić information content (AvgIpc) is 2.33. The van der Waals surface area contributed by atoms with Crippen molar-refractivity contribution >= 4 is 23.8 Å². The van der Waals surface area contributed by atoms with Crippen LogP contribution < -0.4 is 10.6 Å². The van der Waals surface area contributed by atoms with Crippen LogP contribution in [0.4, 0.5) is 4.79 Å². The van der Waals surface area contributed by atoms with Crippen LogP contribution in [-0.2, 0) is 4.79 Å². The van der Waals surface area contributed by atoms with Crippen molar-refractivity contribution in [2.24, 2.45) is 0 Å². The van der Waals surface area contributed by atoms with Gasteiger partial charge in [-0.05, 0) is 12.8 Å². The molecule has 0 saturated carbocycles. The van der Waals surface area contributed by atoms with Gasteiger partial charge in [0.2, 0.25) is 0 Å². The van der Waals surface area contributed by atoms with Crippen molar-refractivity contribution in [2.75, 3.05) is 24.6 Å². The van der Waals surface area contributed by atoms with Crippen molar-refractivity contribution in [3.63, 3.8) is 0 Å². The summed E-state index contributed by atoms with van der Waals surface area (Å²) < 4.78 is 0. The summed E-state index contributed by atoms with van der Waals surface area (Å²) in [7, 11) is 0. The fourth-order valence-electron chi connectivity index (χ4n) is 1.25. The van der Waals surface area contributed by atoms with Crippen LogP contribution in [0.3, 0.4) is 0 Å². The van der Waals surface area contributed by atoms with Crippen molar-refractivity contribution in [1.29, 1.82) is 0 Å². The first kappa shape index (κ1) is 16.8. The normalized spacial score (nSPS) is 9.78. The van der Waals surface area contributed by atoms with E-state index in [1.54, 1.807) is 11.8 Å². The molecule has 0 bridgehead atoms. The van der Waals surface area contributed by atoms with Gasteiger partial charge in [-0.1, -0.05) is 12.5 Å². The van der Waals surface area contributed by atoms with Gasteiger partial charge in [0.25, 0.3) is 0 Å². The number of carboxylic acid groups (broad SMARTS) is 1. The summed E-state index contributed by atoms with van der Waals surface area (Å²) in [4.78, 5) is 21.5. The summed E-state index contributed by atoms with van der Waals surface area (Å²) >= 11 is 1.72. The molecule has 0 aromatic heterocycles. The predicted molar refractivity (Wildman–Crippen MR) is 75.0 cm³/mol. The molecule has 0 radical (unpaired) electrons. The molecule has 3 N–H and O–H groups in total. The Morgan fingerprint density at radius 1 is 1.17 bits per heavy atom. The lowest BCUT2D eigenvalue weighted by atomic mass is 10.2. The van der Waals surface area contributed by atoms with Gasteiger partial charge in [0, 0.05) is 31.0 Å². The topological polar surface area (TPSA) is 78.4 Å². The molecular formula is C12H22N2O3S. The van der Waals surface area contributed by atoms with E-state index in [2.05, 4.69) is 17.2 Å². The number of carbonyl (C=O) groups excluding carboxylic acids is 1. The van der Waals surface area contributed by atoms with Gasteiger partial charge in [-0.2, -0.15) is 11.8 Å². The molecule has 0 aliphatic carbocycles. The Morgan fingerprint density at radius 2 is 1.89 bits per heavy atom. The van der Waals surface area contributed by atoms with E-state index >= 15 is 0 Å². The minimum absolute atomic E-state index is 0.160. The van der Waals surface area contributed by atoms with Gasteiger partial charge < -0.3 is 15.7 Å². The minimum Gasteiger partial charge on any atom is -0.481 e. The van der Waals surface area contributed by atoms with E-state index in [4.69, 9.17) is 5.11 Å². The fourth-order valence-corrected chi connectivity index (χ4v) is 1.83. The van der Waals surface area contributed by atoms with Crippen LogP contribution in [0.15, 0.2) is 12.7 Å². The quantitative estimate of drug-likeness (QED) is 0.397. The standard InChI is InChI=1S/C12H22N2O3S/c1-2-9-18-10-8-14-12(17)13-7-5-3-4-6-11(15)16/h2H,1,3-10H2,(H,15,16)(H2,13,14,17). The highest BCUT2D eigenvalue weighted by Crippen LogP contribution is 1.98. The highest BCUT2D eigenvalue weighted by atomic mass is 32.2. The number of aliphatic carboxylic acids is 1. The van der Waals surface area contributed by atoms with Crippen molar-refractivity contribution < 1.29 is 14.7 Å². The molecule has 0 heterocycles. The Labute approximate surface area is 112 Å². The van der Waals surface area contributed by atoms with E-state index in [1.807, 2.05) is 6.08 Å². The highest BCUT2D eigenvalue weighted by molar-refractivity contribution is 7.99. The minimum atomic E-state index is -0.766. The van der Waals surface area contributed by atoms with Crippen LogP contribution in [-0.4, -0.2) is 41.7 Å². The molecule has 18 heavy (non-hydrogen) atoms. The van der Waals surface area contributed by atoms with Crippen LogP contribution in [0.2, 0.25) is 0 Å². The molecule has 0 rings (SSSR count). The third-order valence-electron chi connectivity index (χ3n) is 2.12. The number of thioether (sulfide) groups is 1. The third-order valence-corrected chi connectivity index (χ3v) is 3.08. The molecule has 0 aromatic rings. The van der Waals surface area contributed by atoms with Crippen molar-refractivity contribution in [3.05, 3.63) is 12.7 Å². The number of unbranched alkanes of at least 4 members (excludes halogenated alkanes) is 2. The average molecular weight is 274 g/mol. The van der Waals surface area contributed by atoms with E-state index in [0.717, 1.165) is 24.3 Å². The summed E-state index contributed by atoms with van der Waals surface area (Å²) in [5.74, 6) is 1.00. The van der Waals surface area contributed by atoms with Gasteiger partial charge in [-0.15, -0.1) is 6.58 Å². The molecule has 6 heteroatoms. The summed E-state index contributed by atoms with van der Waals surface area (Å²) in [6.07, 6.45) is 4.33. The molecule has 0 unspecified atom stereocenters. The number of nitrogens with one attached hydrogen (secondary N) is 2. The molecular weight excluding hydrogens is 252 g/mol. The summed E-state index contributed by atoms with van der Waals surface area (Å²) in [5, 5.41) is 13.9. The number of amides is 2. The molecule has 0 spiro atoms. The van der Waals surface area contributed by atoms with E-state index in [-0.39, 0.29) is 12.5 Å². The van der Waals surface area contributed by atoms with Gasteiger partial charge in [0.15, 0.2) is 0 Å². The van der Waals surface area contributed by atoms with E-state index in [9.17, 15) is 9.59 Å². The summed E-state index contributed by atoms with van der Waals surface area (Å²) in [6, 6.07) is -0.160. The second-order valence-electron chi connectivity index (χ2n) is 3.75. The van der Waals surface area contributed by atoms with Crippen LogP contribution in [0.5, 0.6) is 0 Å². The first-order valence-electron chi connectivity index (χ1n) is 6.09. The van der Waals surface area contributed by atoms with Gasteiger partial charge in [0.05, 0.1) is 0 Å². The zero-order valence-electron chi connectivity index (χ0n) is 10.6. The Balaban J connectivity index is 3.21. The SMILES string of the molecule is C=CCSCCNC(=O)NCCCCCC(=O)O. The number of hydrogen-bond donors (Lipinski definition) is 3. The molecule has 0 saturated heterocycles. The smallest absolute Gasteiger partial charge is 0.314 e. The predicted octanol–water partition coefficient (Wildman–Crippen LogP) is 1.85. The van der Waals surface area contributed by atoms with Crippen molar-refractivity contribution in [3.8, 4) is 0 Å². The van der Waals surface area contributed by atoms with Crippen LogP contribution in [0.1, 0.15) is 25.7 Å². The Bertz CT molecular complexity index is 260. The zero-order valence-corrected chi connectivity index (χ0v) is 11.4. The van der Waals surface area contributed by atoms with E-state index in [0.29, 0.717) is 19.5 Å². The number of hydrogen-bond acceptors (Lipinski definition) is 3. The van der Waals surface area contributed by atoms with Crippen LogP contribution in [0.25, 0.3) is 0 Å². The monoisotopic (exact) mass is 274 g/mol. The lowest BCUT2D eigenvalue weighted by Crippen LogP contribution is -2.37. The zero-order chi connectivity index (χ0) is 13.6. The Hall–Kier alpha value is -1.17. The molecule has 0 fully saturated rings. The Kier molecular flexibility index (Phi) is 11.5. The molecule has 2 amide bonds. The van der Waals surface area contributed by atoms with Gasteiger partial charge >= 0.3 is 12.0 Å². The van der Waals surface area contributed by atoms with Gasteiger partial charge in [-0.3, -0.25) is 4.79 Å². The lowest BCUT2D eigenvalue weighted by Gasteiger charge is -2.06. The number of carboxylic acids is 1. The third kappa shape index (κ3) is 12.9. The van der Waals surface area contributed by atoms with Crippen molar-refractivity contribution in [1.82, 2.24) is 10.6 Å². The first-order valence-corrected chi connectivity index (χ1v) is 7.24. The maximum absolute atomic E-state index is 11.3. The summed E-state index contributed by atoms with van der Waals surface area (Å²) in [6.45, 7) is 4.84. The van der Waals surface area contributed by atoms with Crippen LogP contribution >= 0.6 is 11.8 Å². The molecule has 0 aliphatic heterocycles. The van der Waals surface area contributed by atoms with E-state index in [1.165, 1.54) is 0 Å². The molecule has 0 atom stereocenters. The number of carbonyl (C=O) groups is 2. The fraction of sp³-hybridized carbons (Fsp3) is 0.667. The molecule has 104 valence electrons. The van der Waals surface area contributed by atoms with Crippen LogP contribution in [0, 0.1) is 0 Å².